The van der Waals surface area contributed by atoms with Crippen LogP contribution in [0.4, 0.5) is 15.9 Å². The first-order valence-electron chi connectivity index (χ1n) is 8.55. The predicted octanol–water partition coefficient (Wildman–Crippen LogP) is 2.24. The van der Waals surface area contributed by atoms with E-state index in [2.05, 4.69) is 25.1 Å². The molecule has 5 rings (SSSR count). The van der Waals surface area contributed by atoms with Gasteiger partial charge in [0, 0.05) is 37.1 Å². The van der Waals surface area contributed by atoms with E-state index in [-0.39, 0.29) is 11.7 Å². The van der Waals surface area contributed by atoms with Crippen LogP contribution in [-0.2, 0) is 4.79 Å². The van der Waals surface area contributed by atoms with E-state index in [0.717, 1.165) is 30.5 Å². The van der Waals surface area contributed by atoms with E-state index in [4.69, 9.17) is 0 Å². The number of fused-ring (bicyclic) bond motifs is 2. The molecule has 26 heavy (non-hydrogen) atoms. The van der Waals surface area contributed by atoms with E-state index < -0.39 is 0 Å². The average molecular weight is 373 g/mol. The van der Waals surface area contributed by atoms with Crippen molar-refractivity contribution in [1.29, 1.82) is 0 Å². The fourth-order valence-corrected chi connectivity index (χ4v) is 4.02. The van der Waals surface area contributed by atoms with Gasteiger partial charge in [0.05, 0.1) is 6.54 Å². The Kier molecular flexibility index (Phi) is 4.78. The van der Waals surface area contributed by atoms with Gasteiger partial charge in [-0.2, -0.15) is 0 Å². The number of nitrogens with one attached hydrogen (secondary N) is 1. The molecule has 1 amide bonds. The lowest BCUT2D eigenvalue weighted by Gasteiger charge is -2.56. The van der Waals surface area contributed by atoms with Gasteiger partial charge < -0.3 is 10.2 Å². The lowest BCUT2D eigenvalue weighted by Crippen LogP contribution is -2.69. The Morgan fingerprint density at radius 3 is 2.88 bits per heavy atom. The zero-order valence-corrected chi connectivity index (χ0v) is 15.2. The number of piperidine rings is 1. The number of piperazine rings is 1. The fourth-order valence-electron chi connectivity index (χ4n) is 3.67. The second-order valence-electron chi connectivity index (χ2n) is 6.58. The number of carbonyl (C=O) groups is 1. The van der Waals surface area contributed by atoms with Crippen LogP contribution in [0.3, 0.4) is 0 Å². The van der Waals surface area contributed by atoms with Crippen molar-refractivity contribution in [2.75, 3.05) is 36.1 Å². The van der Waals surface area contributed by atoms with Gasteiger partial charge in [-0.15, -0.1) is 0 Å². The predicted molar refractivity (Wildman–Crippen MR) is 100.0 cm³/mol. The lowest BCUT2D eigenvalue weighted by atomic mass is 9.87. The molecule has 1 aromatic heterocycles. The number of benzene rings is 1. The summed E-state index contributed by atoms with van der Waals surface area (Å²) in [5, 5.41) is 3.54. The molecule has 1 N–H and O–H groups in total. The molecule has 0 spiro atoms. The minimum Gasteiger partial charge on any atom is -0.353 e. The van der Waals surface area contributed by atoms with Gasteiger partial charge in [0.1, 0.15) is 11.6 Å². The molecule has 136 valence electrons. The SMILES string of the molecule is CSc1nccc(N2CC3CC(C2)N3CC(=O)Nc2cccc(F)c2)n1. The van der Waals surface area contributed by atoms with Crippen LogP contribution in [0, 0.1) is 5.82 Å². The number of halogens is 1. The van der Waals surface area contributed by atoms with Crippen LogP contribution in [0.5, 0.6) is 0 Å². The Labute approximate surface area is 155 Å². The largest absolute Gasteiger partial charge is 0.353 e. The minimum atomic E-state index is -0.353. The van der Waals surface area contributed by atoms with Crippen LogP contribution in [0.15, 0.2) is 41.7 Å². The second kappa shape index (κ2) is 7.20. The van der Waals surface area contributed by atoms with E-state index >= 15 is 0 Å². The van der Waals surface area contributed by atoms with Crippen molar-refractivity contribution in [1.82, 2.24) is 14.9 Å². The van der Waals surface area contributed by atoms with Gasteiger partial charge in [-0.3, -0.25) is 9.69 Å². The summed E-state index contributed by atoms with van der Waals surface area (Å²) in [5.74, 6) is 0.488. The van der Waals surface area contributed by atoms with Gasteiger partial charge in [-0.05, 0) is 36.9 Å². The maximum Gasteiger partial charge on any atom is 0.238 e. The van der Waals surface area contributed by atoms with Gasteiger partial charge in [0.15, 0.2) is 5.16 Å². The molecule has 2 atom stereocenters. The van der Waals surface area contributed by atoms with Gasteiger partial charge >= 0.3 is 0 Å². The Hall–Kier alpha value is -2.19. The number of amides is 1. The summed E-state index contributed by atoms with van der Waals surface area (Å²) < 4.78 is 13.2. The first-order valence-corrected chi connectivity index (χ1v) is 9.78. The smallest absolute Gasteiger partial charge is 0.238 e. The molecule has 3 aliphatic rings. The van der Waals surface area contributed by atoms with E-state index in [1.807, 2.05) is 12.3 Å². The fraction of sp³-hybridized carbons (Fsp3) is 0.389. The minimum absolute atomic E-state index is 0.106. The Balaban J connectivity index is 1.34. The standard InChI is InChI=1S/C18H20FN5OS/c1-26-18-20-6-5-16(22-18)23-9-14-8-15(10-23)24(14)11-17(25)21-13-4-2-3-12(19)7-13/h2-7,14-15H,8-11H2,1H3,(H,21,25). The van der Waals surface area contributed by atoms with E-state index in [1.54, 1.807) is 18.3 Å². The third-order valence-corrected chi connectivity index (χ3v) is 5.47. The summed E-state index contributed by atoms with van der Waals surface area (Å²) >= 11 is 1.53. The monoisotopic (exact) mass is 373 g/mol. The van der Waals surface area contributed by atoms with Crippen molar-refractivity contribution in [3.05, 3.63) is 42.3 Å². The molecule has 3 saturated heterocycles. The highest BCUT2D eigenvalue weighted by atomic mass is 32.2. The third-order valence-electron chi connectivity index (χ3n) is 4.90. The van der Waals surface area contributed by atoms with Crippen LogP contribution in [0.1, 0.15) is 6.42 Å². The van der Waals surface area contributed by atoms with Crippen molar-refractivity contribution < 1.29 is 9.18 Å². The molecule has 6 nitrogen and oxygen atoms in total. The van der Waals surface area contributed by atoms with Crippen molar-refractivity contribution in [2.24, 2.45) is 0 Å². The van der Waals surface area contributed by atoms with Crippen molar-refractivity contribution in [2.45, 2.75) is 23.7 Å². The summed E-state index contributed by atoms with van der Waals surface area (Å²) in [6.07, 6.45) is 4.86. The van der Waals surface area contributed by atoms with E-state index in [1.165, 1.54) is 23.9 Å². The number of aromatic nitrogens is 2. The summed E-state index contributed by atoms with van der Waals surface area (Å²) in [4.78, 5) is 25.6. The normalized spacial score (nSPS) is 22.0. The van der Waals surface area contributed by atoms with Crippen molar-refractivity contribution in [3.8, 4) is 0 Å². The molecule has 2 aromatic rings. The molecule has 1 aromatic carbocycles. The molecular formula is C18H20FN5OS. The summed E-state index contributed by atoms with van der Waals surface area (Å²) in [7, 11) is 0. The van der Waals surface area contributed by atoms with Crippen molar-refractivity contribution in [3.63, 3.8) is 0 Å². The number of hydrogen-bond acceptors (Lipinski definition) is 6. The van der Waals surface area contributed by atoms with Crippen LogP contribution in [0.25, 0.3) is 0 Å². The molecule has 3 fully saturated rings. The Morgan fingerprint density at radius 2 is 2.15 bits per heavy atom. The molecule has 0 saturated carbocycles. The van der Waals surface area contributed by atoms with Crippen LogP contribution < -0.4 is 10.2 Å². The molecular weight excluding hydrogens is 353 g/mol. The Bertz CT molecular complexity index is 808. The zero-order valence-electron chi connectivity index (χ0n) is 14.4. The molecule has 2 bridgehead atoms. The number of hydrogen-bond donors (Lipinski definition) is 1. The second-order valence-corrected chi connectivity index (χ2v) is 7.35. The highest BCUT2D eigenvalue weighted by Crippen LogP contribution is 2.34. The van der Waals surface area contributed by atoms with Gasteiger partial charge in [-0.25, -0.2) is 14.4 Å². The molecule has 0 radical (unpaired) electrons. The third kappa shape index (κ3) is 3.52. The quantitative estimate of drug-likeness (QED) is 0.641. The Morgan fingerprint density at radius 1 is 1.35 bits per heavy atom. The summed E-state index contributed by atoms with van der Waals surface area (Å²) in [5.41, 5.74) is 0.493. The van der Waals surface area contributed by atoms with Gasteiger partial charge in [0.2, 0.25) is 5.91 Å². The van der Waals surface area contributed by atoms with Crippen molar-refractivity contribution >= 4 is 29.2 Å². The summed E-state index contributed by atoms with van der Waals surface area (Å²) in [6, 6.07) is 8.60. The number of anilines is 2. The highest BCUT2D eigenvalue weighted by molar-refractivity contribution is 7.98. The van der Waals surface area contributed by atoms with Crippen LogP contribution in [0.2, 0.25) is 0 Å². The first-order chi connectivity index (χ1) is 12.6. The maximum absolute atomic E-state index is 13.2. The highest BCUT2D eigenvalue weighted by Gasteiger charge is 2.45. The first kappa shape index (κ1) is 17.2. The number of rotatable bonds is 5. The van der Waals surface area contributed by atoms with E-state index in [9.17, 15) is 9.18 Å². The molecule has 2 unspecified atom stereocenters. The van der Waals surface area contributed by atoms with Gasteiger partial charge in [0.25, 0.3) is 0 Å². The number of carbonyl (C=O) groups excluding carboxylic acids is 1. The molecule has 3 aliphatic heterocycles. The molecule has 0 aliphatic carbocycles. The maximum atomic E-state index is 13.2. The van der Waals surface area contributed by atoms with Gasteiger partial charge in [-0.1, -0.05) is 17.8 Å². The van der Waals surface area contributed by atoms with Crippen LogP contribution >= 0.6 is 11.8 Å². The topological polar surface area (TPSA) is 61.4 Å². The number of thioether (sulfide) groups is 1. The molecule has 4 heterocycles. The zero-order chi connectivity index (χ0) is 18.1. The number of nitrogens with zero attached hydrogens (tertiary/aromatic N) is 4. The average Bonchev–Trinajstić information content (AvgIpc) is 2.66. The lowest BCUT2D eigenvalue weighted by molar-refractivity contribution is -0.121. The van der Waals surface area contributed by atoms with E-state index in [0.29, 0.717) is 24.3 Å². The van der Waals surface area contributed by atoms with Crippen LogP contribution in [-0.4, -0.2) is 58.7 Å². The molecule has 8 heteroatoms. The summed E-state index contributed by atoms with van der Waals surface area (Å²) in [6.45, 7) is 2.04.